The quantitative estimate of drug-likeness (QED) is 0.694. The van der Waals surface area contributed by atoms with Crippen molar-refractivity contribution in [3.05, 3.63) is 34.9 Å². The van der Waals surface area contributed by atoms with E-state index in [9.17, 15) is 9.59 Å². The third kappa shape index (κ3) is 5.87. The van der Waals surface area contributed by atoms with Gasteiger partial charge in [0.2, 0.25) is 5.91 Å². The molecule has 1 aliphatic carbocycles. The summed E-state index contributed by atoms with van der Waals surface area (Å²) in [7, 11) is 0. The van der Waals surface area contributed by atoms with Crippen LogP contribution in [-0.2, 0) is 9.59 Å². The lowest BCUT2D eigenvalue weighted by Crippen LogP contribution is -2.32. The van der Waals surface area contributed by atoms with Crippen LogP contribution in [0, 0.1) is 5.92 Å². The van der Waals surface area contributed by atoms with Crippen molar-refractivity contribution in [1.82, 2.24) is 5.32 Å². The number of aliphatic carboxylic acids is 1. The molecule has 0 aliphatic heterocycles. The average Bonchev–Trinajstić information content (AvgIpc) is 3.04. The molecule has 1 aliphatic rings. The van der Waals surface area contributed by atoms with Crippen LogP contribution in [-0.4, -0.2) is 17.0 Å². The second kappa shape index (κ2) is 8.92. The first-order valence-corrected chi connectivity index (χ1v) is 8.70. The number of benzene rings is 1. The van der Waals surface area contributed by atoms with Crippen LogP contribution in [0.3, 0.4) is 0 Å². The van der Waals surface area contributed by atoms with Crippen LogP contribution in [0.2, 0.25) is 5.02 Å². The molecule has 1 amide bonds. The second-order valence-electron chi connectivity index (χ2n) is 6.24. The molecule has 0 heterocycles. The maximum atomic E-state index is 12.2. The van der Waals surface area contributed by atoms with Gasteiger partial charge in [-0.15, -0.1) is 0 Å². The molecule has 0 bridgehead atoms. The van der Waals surface area contributed by atoms with Gasteiger partial charge < -0.3 is 10.4 Å². The number of hydrogen-bond acceptors (Lipinski definition) is 2. The van der Waals surface area contributed by atoms with Crippen molar-refractivity contribution in [3.8, 4) is 0 Å². The number of rotatable bonds is 8. The number of hydrogen-bond donors (Lipinski definition) is 2. The highest BCUT2D eigenvalue weighted by Crippen LogP contribution is 2.36. The first-order valence-electron chi connectivity index (χ1n) is 8.33. The molecule has 2 N–H and O–H groups in total. The Bertz CT molecular complexity index is 524. The summed E-state index contributed by atoms with van der Waals surface area (Å²) in [5.74, 6) is -0.336. The molecule has 0 aromatic heterocycles. The largest absolute Gasteiger partial charge is 0.481 e. The Morgan fingerprint density at radius 2 is 1.74 bits per heavy atom. The van der Waals surface area contributed by atoms with E-state index in [1.165, 1.54) is 12.8 Å². The van der Waals surface area contributed by atoms with Gasteiger partial charge in [0, 0.05) is 17.9 Å². The molecule has 0 spiro atoms. The lowest BCUT2D eigenvalue weighted by Gasteiger charge is -2.25. The number of nitrogens with one attached hydrogen (secondary N) is 1. The number of halogens is 1. The minimum absolute atomic E-state index is 0.00207. The Morgan fingerprint density at radius 1 is 1.13 bits per heavy atom. The van der Waals surface area contributed by atoms with E-state index in [4.69, 9.17) is 16.7 Å². The van der Waals surface area contributed by atoms with E-state index in [1.807, 2.05) is 24.3 Å². The molecule has 4 nitrogen and oxygen atoms in total. The van der Waals surface area contributed by atoms with E-state index in [0.29, 0.717) is 30.2 Å². The van der Waals surface area contributed by atoms with E-state index >= 15 is 0 Å². The molecule has 1 unspecified atom stereocenters. The number of carboxylic acid groups (broad SMARTS) is 1. The SMILES string of the molecule is O=C(O)CCCCC(=O)NC(c1ccc(Cl)cc1)C1CCCC1. The number of carbonyl (C=O) groups is 2. The van der Waals surface area contributed by atoms with Gasteiger partial charge in [0.05, 0.1) is 6.04 Å². The third-order valence-corrected chi connectivity index (χ3v) is 4.71. The van der Waals surface area contributed by atoms with Gasteiger partial charge in [0.15, 0.2) is 0 Å². The highest BCUT2D eigenvalue weighted by molar-refractivity contribution is 6.30. The molecule has 23 heavy (non-hydrogen) atoms. The van der Waals surface area contributed by atoms with Gasteiger partial charge in [-0.3, -0.25) is 9.59 Å². The topological polar surface area (TPSA) is 66.4 Å². The highest BCUT2D eigenvalue weighted by atomic mass is 35.5. The van der Waals surface area contributed by atoms with E-state index < -0.39 is 5.97 Å². The summed E-state index contributed by atoms with van der Waals surface area (Å²) >= 11 is 5.96. The van der Waals surface area contributed by atoms with Crippen LogP contribution in [0.15, 0.2) is 24.3 Å². The van der Waals surface area contributed by atoms with Gasteiger partial charge in [-0.25, -0.2) is 0 Å². The standard InChI is InChI=1S/C18H24ClNO3/c19-15-11-9-14(10-12-15)18(13-5-1-2-6-13)20-16(21)7-3-4-8-17(22)23/h9-13,18H,1-8H2,(H,20,21)(H,22,23). The Labute approximate surface area is 142 Å². The Morgan fingerprint density at radius 3 is 2.35 bits per heavy atom. The van der Waals surface area contributed by atoms with Crippen molar-refractivity contribution in [1.29, 1.82) is 0 Å². The first-order chi connectivity index (χ1) is 11.1. The smallest absolute Gasteiger partial charge is 0.303 e. The summed E-state index contributed by atoms with van der Waals surface area (Å²) in [4.78, 5) is 22.7. The predicted molar refractivity (Wildman–Crippen MR) is 90.4 cm³/mol. The van der Waals surface area contributed by atoms with Crippen LogP contribution >= 0.6 is 11.6 Å². The molecule has 1 aromatic carbocycles. The zero-order valence-corrected chi connectivity index (χ0v) is 14.0. The molecule has 0 saturated heterocycles. The van der Waals surface area contributed by atoms with Crippen molar-refractivity contribution in [2.45, 2.75) is 57.4 Å². The van der Waals surface area contributed by atoms with E-state index in [1.54, 1.807) is 0 Å². The minimum atomic E-state index is -0.810. The van der Waals surface area contributed by atoms with E-state index in [-0.39, 0.29) is 18.4 Å². The van der Waals surface area contributed by atoms with Crippen LogP contribution in [0.4, 0.5) is 0 Å². The molecule has 1 aromatic rings. The maximum absolute atomic E-state index is 12.2. The third-order valence-electron chi connectivity index (χ3n) is 4.46. The molecule has 0 radical (unpaired) electrons. The molecular weight excluding hydrogens is 314 g/mol. The second-order valence-corrected chi connectivity index (χ2v) is 6.68. The van der Waals surface area contributed by atoms with Gasteiger partial charge in [0.25, 0.3) is 0 Å². The molecule has 2 rings (SSSR count). The summed E-state index contributed by atoms with van der Waals surface area (Å²) in [5, 5.41) is 12.5. The van der Waals surface area contributed by atoms with Crippen LogP contribution in [0.1, 0.15) is 63.0 Å². The number of unbranched alkanes of at least 4 members (excludes halogenated alkanes) is 1. The molecule has 5 heteroatoms. The Balaban J connectivity index is 1.93. The van der Waals surface area contributed by atoms with Gasteiger partial charge in [-0.2, -0.15) is 0 Å². The highest BCUT2D eigenvalue weighted by Gasteiger charge is 2.27. The number of amides is 1. The molecule has 126 valence electrons. The van der Waals surface area contributed by atoms with E-state index in [2.05, 4.69) is 5.32 Å². The summed E-state index contributed by atoms with van der Waals surface area (Å²) < 4.78 is 0. The molecular formula is C18H24ClNO3. The van der Waals surface area contributed by atoms with Crippen LogP contribution in [0.5, 0.6) is 0 Å². The monoisotopic (exact) mass is 337 g/mol. The van der Waals surface area contributed by atoms with Crippen molar-refractivity contribution in [2.75, 3.05) is 0 Å². The van der Waals surface area contributed by atoms with Crippen LogP contribution < -0.4 is 5.32 Å². The van der Waals surface area contributed by atoms with Crippen molar-refractivity contribution in [2.24, 2.45) is 5.92 Å². The fraction of sp³-hybridized carbons (Fsp3) is 0.556. The van der Waals surface area contributed by atoms with Crippen LogP contribution in [0.25, 0.3) is 0 Å². The summed E-state index contributed by atoms with van der Waals surface area (Å²) in [6.07, 6.45) is 6.33. The van der Waals surface area contributed by atoms with Crippen molar-refractivity contribution < 1.29 is 14.7 Å². The number of carboxylic acids is 1. The Kier molecular flexibility index (Phi) is 6.90. The molecule has 1 saturated carbocycles. The maximum Gasteiger partial charge on any atom is 0.303 e. The van der Waals surface area contributed by atoms with Crippen molar-refractivity contribution in [3.63, 3.8) is 0 Å². The first kappa shape index (κ1) is 17.8. The molecule has 1 fully saturated rings. The van der Waals surface area contributed by atoms with Gasteiger partial charge in [0.1, 0.15) is 0 Å². The normalized spacial score (nSPS) is 16.2. The fourth-order valence-electron chi connectivity index (χ4n) is 3.24. The summed E-state index contributed by atoms with van der Waals surface area (Å²) in [6, 6.07) is 7.71. The van der Waals surface area contributed by atoms with Gasteiger partial charge in [-0.1, -0.05) is 36.6 Å². The zero-order chi connectivity index (χ0) is 16.7. The Hall–Kier alpha value is -1.55. The summed E-state index contributed by atoms with van der Waals surface area (Å²) in [5.41, 5.74) is 1.10. The predicted octanol–water partition coefficient (Wildman–Crippen LogP) is 4.33. The lowest BCUT2D eigenvalue weighted by molar-refractivity contribution is -0.137. The van der Waals surface area contributed by atoms with Crippen molar-refractivity contribution >= 4 is 23.5 Å². The minimum Gasteiger partial charge on any atom is -0.481 e. The fourth-order valence-corrected chi connectivity index (χ4v) is 3.37. The number of carbonyl (C=O) groups excluding carboxylic acids is 1. The zero-order valence-electron chi connectivity index (χ0n) is 13.3. The van der Waals surface area contributed by atoms with Gasteiger partial charge >= 0.3 is 5.97 Å². The van der Waals surface area contributed by atoms with E-state index in [0.717, 1.165) is 18.4 Å². The van der Waals surface area contributed by atoms with Gasteiger partial charge in [-0.05, 0) is 49.3 Å². The molecule has 1 atom stereocenters. The lowest BCUT2D eigenvalue weighted by atomic mass is 9.91. The summed E-state index contributed by atoms with van der Waals surface area (Å²) in [6.45, 7) is 0. The average molecular weight is 338 g/mol.